The molecule has 0 N–H and O–H groups in total. The zero-order chi connectivity index (χ0) is 12.6. The summed E-state index contributed by atoms with van der Waals surface area (Å²) in [6.07, 6.45) is 6.71. The molecule has 1 heterocycles. The number of ether oxygens (including phenoxy) is 2. The van der Waals surface area contributed by atoms with Gasteiger partial charge in [-0.25, -0.2) is 0 Å². The molecule has 0 amide bonds. The second-order valence-corrected chi connectivity index (χ2v) is 4.77. The largest absolute Gasteiger partial charge is 0.381 e. The number of unbranched alkanes of at least 4 members (excludes halogenated alkanes) is 3. The number of carbonyl (C=O) groups excluding carboxylic acids is 1. The zero-order valence-electron chi connectivity index (χ0n) is 11.3. The molecule has 3 heteroatoms. The maximum Gasteiger partial charge on any atom is 0.164 e. The van der Waals surface area contributed by atoms with E-state index >= 15 is 0 Å². The Balaban J connectivity index is 2.42. The summed E-state index contributed by atoms with van der Waals surface area (Å²) in [6, 6.07) is 0. The van der Waals surface area contributed by atoms with Crippen molar-refractivity contribution in [3.63, 3.8) is 0 Å². The normalized spacial score (nSPS) is 19.2. The standard InChI is InChI=1S/C14H26O3/c1-3-5-6-7-8-13(15)14(17-4-2)9-11-16-12-10-14/h3-12H2,1-2H3. The van der Waals surface area contributed by atoms with Gasteiger partial charge in [0.15, 0.2) is 5.78 Å². The Morgan fingerprint density at radius 2 is 1.88 bits per heavy atom. The molecule has 1 aliphatic heterocycles. The fraction of sp³-hybridized carbons (Fsp3) is 0.929. The molecule has 0 unspecified atom stereocenters. The van der Waals surface area contributed by atoms with Gasteiger partial charge in [0.05, 0.1) is 0 Å². The minimum absolute atomic E-state index is 0.291. The number of carbonyl (C=O) groups is 1. The van der Waals surface area contributed by atoms with Gasteiger partial charge in [-0.05, 0) is 13.3 Å². The van der Waals surface area contributed by atoms with Gasteiger partial charge in [0, 0.05) is 39.1 Å². The van der Waals surface area contributed by atoms with E-state index in [9.17, 15) is 4.79 Å². The van der Waals surface area contributed by atoms with Crippen molar-refractivity contribution in [1.82, 2.24) is 0 Å². The summed E-state index contributed by atoms with van der Waals surface area (Å²) in [5.41, 5.74) is -0.529. The van der Waals surface area contributed by atoms with Crippen molar-refractivity contribution >= 4 is 5.78 Å². The van der Waals surface area contributed by atoms with Crippen LogP contribution in [0.25, 0.3) is 0 Å². The molecule has 0 aromatic carbocycles. The lowest BCUT2D eigenvalue weighted by Crippen LogP contribution is -2.46. The first-order chi connectivity index (χ1) is 8.25. The van der Waals surface area contributed by atoms with E-state index in [1.54, 1.807) is 0 Å². The number of hydrogen-bond donors (Lipinski definition) is 0. The van der Waals surface area contributed by atoms with Crippen LogP contribution in [-0.2, 0) is 14.3 Å². The molecule has 0 aliphatic carbocycles. The zero-order valence-corrected chi connectivity index (χ0v) is 11.3. The summed E-state index contributed by atoms with van der Waals surface area (Å²) in [6.45, 7) is 6.06. The second kappa shape index (κ2) is 7.83. The predicted molar refractivity (Wildman–Crippen MR) is 68.2 cm³/mol. The minimum atomic E-state index is -0.529. The highest BCUT2D eigenvalue weighted by Crippen LogP contribution is 2.28. The third-order valence-electron chi connectivity index (χ3n) is 3.49. The van der Waals surface area contributed by atoms with Gasteiger partial charge in [-0.1, -0.05) is 26.2 Å². The first-order valence-electron chi connectivity index (χ1n) is 7.00. The molecule has 0 spiro atoms. The van der Waals surface area contributed by atoms with E-state index in [0.717, 1.165) is 25.7 Å². The van der Waals surface area contributed by atoms with E-state index < -0.39 is 5.60 Å². The quantitative estimate of drug-likeness (QED) is 0.613. The Bertz CT molecular complexity index is 214. The molecule has 0 saturated carbocycles. The molecule has 100 valence electrons. The van der Waals surface area contributed by atoms with Crippen LogP contribution in [-0.4, -0.2) is 31.2 Å². The van der Waals surface area contributed by atoms with Gasteiger partial charge in [0.1, 0.15) is 5.60 Å². The SMILES string of the molecule is CCCCCCC(=O)C1(OCC)CCOCC1. The molecule has 17 heavy (non-hydrogen) atoms. The molecular weight excluding hydrogens is 216 g/mol. The van der Waals surface area contributed by atoms with E-state index in [1.165, 1.54) is 12.8 Å². The average Bonchev–Trinajstić information content (AvgIpc) is 2.36. The molecule has 1 rings (SSSR count). The van der Waals surface area contributed by atoms with Gasteiger partial charge >= 0.3 is 0 Å². The molecule has 0 bridgehead atoms. The van der Waals surface area contributed by atoms with Gasteiger partial charge in [-0.2, -0.15) is 0 Å². The molecule has 0 aromatic rings. The van der Waals surface area contributed by atoms with Crippen molar-refractivity contribution in [3.8, 4) is 0 Å². The van der Waals surface area contributed by atoms with Gasteiger partial charge in [0.2, 0.25) is 0 Å². The summed E-state index contributed by atoms with van der Waals surface area (Å²) in [5.74, 6) is 0.291. The van der Waals surface area contributed by atoms with Crippen LogP contribution in [0.3, 0.4) is 0 Å². The predicted octanol–water partition coefficient (Wildman–Crippen LogP) is 3.11. The minimum Gasteiger partial charge on any atom is -0.381 e. The summed E-state index contributed by atoms with van der Waals surface area (Å²) in [4.78, 5) is 12.3. The maximum absolute atomic E-state index is 12.3. The van der Waals surface area contributed by atoms with Crippen molar-refractivity contribution in [1.29, 1.82) is 0 Å². The fourth-order valence-electron chi connectivity index (χ4n) is 2.42. The highest BCUT2D eigenvalue weighted by molar-refractivity contribution is 5.87. The molecule has 1 saturated heterocycles. The van der Waals surface area contributed by atoms with Crippen LogP contribution in [0.5, 0.6) is 0 Å². The summed E-state index contributed by atoms with van der Waals surface area (Å²) in [7, 11) is 0. The Kier molecular flexibility index (Phi) is 6.75. The first-order valence-corrected chi connectivity index (χ1v) is 7.00. The number of hydrogen-bond acceptors (Lipinski definition) is 3. The van der Waals surface area contributed by atoms with Crippen molar-refractivity contribution in [2.45, 2.75) is 64.4 Å². The summed E-state index contributed by atoms with van der Waals surface area (Å²) in [5, 5.41) is 0. The Hall–Kier alpha value is -0.410. The number of rotatable bonds is 8. The van der Waals surface area contributed by atoms with Gasteiger partial charge in [-0.3, -0.25) is 4.79 Å². The highest BCUT2D eigenvalue weighted by atomic mass is 16.5. The van der Waals surface area contributed by atoms with Crippen LogP contribution in [0.15, 0.2) is 0 Å². The smallest absolute Gasteiger partial charge is 0.164 e. The summed E-state index contributed by atoms with van der Waals surface area (Å²) < 4.78 is 11.1. The highest BCUT2D eigenvalue weighted by Gasteiger charge is 2.39. The summed E-state index contributed by atoms with van der Waals surface area (Å²) >= 11 is 0. The van der Waals surface area contributed by atoms with Crippen LogP contribution in [0.4, 0.5) is 0 Å². The Labute approximate surface area is 105 Å². The lowest BCUT2D eigenvalue weighted by Gasteiger charge is -2.35. The van der Waals surface area contributed by atoms with Crippen LogP contribution >= 0.6 is 0 Å². The fourth-order valence-corrected chi connectivity index (χ4v) is 2.42. The van der Waals surface area contributed by atoms with Gasteiger partial charge in [0.25, 0.3) is 0 Å². The first kappa shape index (κ1) is 14.7. The lowest BCUT2D eigenvalue weighted by molar-refractivity contribution is -0.157. The topological polar surface area (TPSA) is 35.5 Å². The van der Waals surface area contributed by atoms with E-state index in [-0.39, 0.29) is 0 Å². The monoisotopic (exact) mass is 242 g/mol. The Morgan fingerprint density at radius 1 is 1.18 bits per heavy atom. The Morgan fingerprint density at radius 3 is 2.47 bits per heavy atom. The van der Waals surface area contributed by atoms with Crippen molar-refractivity contribution in [3.05, 3.63) is 0 Å². The number of ketones is 1. The molecule has 1 fully saturated rings. The third-order valence-corrected chi connectivity index (χ3v) is 3.49. The molecular formula is C14H26O3. The van der Waals surface area contributed by atoms with Crippen molar-refractivity contribution < 1.29 is 14.3 Å². The third kappa shape index (κ3) is 4.40. The van der Waals surface area contributed by atoms with Gasteiger partial charge in [-0.15, -0.1) is 0 Å². The van der Waals surface area contributed by atoms with Crippen molar-refractivity contribution in [2.24, 2.45) is 0 Å². The van der Waals surface area contributed by atoms with Crippen molar-refractivity contribution in [2.75, 3.05) is 19.8 Å². The number of Topliss-reactive ketones (excluding diaryl/α,β-unsaturated/α-hetero) is 1. The van der Waals surface area contributed by atoms with Crippen LogP contribution in [0, 0.1) is 0 Å². The van der Waals surface area contributed by atoms with E-state index in [4.69, 9.17) is 9.47 Å². The van der Waals surface area contributed by atoms with E-state index in [1.807, 2.05) is 6.92 Å². The molecule has 0 atom stereocenters. The van der Waals surface area contributed by atoms with Crippen LogP contribution in [0.2, 0.25) is 0 Å². The lowest BCUT2D eigenvalue weighted by atomic mass is 9.86. The van der Waals surface area contributed by atoms with E-state index in [2.05, 4.69) is 6.92 Å². The molecule has 0 radical (unpaired) electrons. The second-order valence-electron chi connectivity index (χ2n) is 4.77. The molecule has 3 nitrogen and oxygen atoms in total. The maximum atomic E-state index is 12.3. The molecule has 0 aromatic heterocycles. The van der Waals surface area contributed by atoms with Crippen LogP contribution < -0.4 is 0 Å². The van der Waals surface area contributed by atoms with Gasteiger partial charge < -0.3 is 9.47 Å². The van der Waals surface area contributed by atoms with E-state index in [0.29, 0.717) is 32.0 Å². The molecule has 1 aliphatic rings. The average molecular weight is 242 g/mol. The van der Waals surface area contributed by atoms with Crippen LogP contribution in [0.1, 0.15) is 58.8 Å².